The number of hydrogen-bond donors (Lipinski definition) is 0. The Hall–Kier alpha value is -5.23. The van der Waals surface area contributed by atoms with Crippen molar-refractivity contribution in [3.8, 4) is 0 Å². The van der Waals surface area contributed by atoms with Gasteiger partial charge in [0.1, 0.15) is 13.2 Å². The van der Waals surface area contributed by atoms with Gasteiger partial charge in [-0.1, -0.05) is 242 Å². The van der Waals surface area contributed by atoms with Crippen molar-refractivity contribution in [3.63, 3.8) is 0 Å². The van der Waals surface area contributed by atoms with Gasteiger partial charge < -0.3 is 14.2 Å². The summed E-state index contributed by atoms with van der Waals surface area (Å²) in [5.74, 6) is -1.01. The number of rotatable bonds is 54. The van der Waals surface area contributed by atoms with Crippen LogP contribution < -0.4 is 0 Å². The summed E-state index contributed by atoms with van der Waals surface area (Å²) in [4.78, 5) is 38.2. The smallest absolute Gasteiger partial charge is 0.306 e. The first kappa shape index (κ1) is 72.8. The zero-order chi connectivity index (χ0) is 56.4. The predicted octanol–water partition coefficient (Wildman–Crippen LogP) is 21.5. The van der Waals surface area contributed by atoms with Crippen LogP contribution in [0.4, 0.5) is 0 Å². The van der Waals surface area contributed by atoms with E-state index in [0.29, 0.717) is 19.3 Å². The van der Waals surface area contributed by atoms with Gasteiger partial charge in [0.05, 0.1) is 0 Å². The van der Waals surface area contributed by atoms with Crippen LogP contribution in [0.1, 0.15) is 245 Å². The molecule has 0 bridgehead atoms. The van der Waals surface area contributed by atoms with Gasteiger partial charge in [-0.3, -0.25) is 14.4 Å². The second-order valence-electron chi connectivity index (χ2n) is 19.8. The first-order valence-electron chi connectivity index (χ1n) is 31.1. The summed E-state index contributed by atoms with van der Waals surface area (Å²) in [6.07, 6.45) is 95.0. The molecular formula is C72H112O6. The van der Waals surface area contributed by atoms with Crippen LogP contribution >= 0.6 is 0 Å². The number of hydrogen-bond acceptors (Lipinski definition) is 6. The lowest BCUT2D eigenvalue weighted by Crippen LogP contribution is -2.30. The molecule has 78 heavy (non-hydrogen) atoms. The summed E-state index contributed by atoms with van der Waals surface area (Å²) in [5.41, 5.74) is 0. The van der Waals surface area contributed by atoms with E-state index in [-0.39, 0.29) is 37.5 Å². The standard InChI is InChI=1S/C72H112O6/c1-4-7-10-13-16-19-22-25-28-29-30-31-32-33-34-35-36-37-38-39-40-41-42-43-45-47-50-53-56-59-62-65-71(74)77-68-69(67-76-70(73)64-61-58-55-52-49-46-27-24-21-18-15-12-9-6-3)78-72(75)66-63-60-57-54-51-48-44-26-23-20-17-14-11-8-5-2/h7-8,10-11,16-17,19-20,24-28,30-31,33-34,36-37,39-40,42-44,47,50-51,54,69H,4-6,9,12-15,18,21-23,29,32,35,38,41,45-46,48-49,52-53,55-68H2,1-3H3/b10-7-,11-8-,19-16-,20-17-,27-24-,28-25-,31-30-,34-33-,37-36-,40-39-,43-42-,44-26-,50-47-,54-51-. The van der Waals surface area contributed by atoms with Gasteiger partial charge in [0.15, 0.2) is 6.10 Å². The third kappa shape index (κ3) is 61.6. The van der Waals surface area contributed by atoms with Gasteiger partial charge in [-0.05, 0) is 154 Å². The van der Waals surface area contributed by atoms with Gasteiger partial charge in [0.25, 0.3) is 0 Å². The fourth-order valence-electron chi connectivity index (χ4n) is 7.83. The van der Waals surface area contributed by atoms with E-state index in [1.54, 1.807) is 0 Å². The van der Waals surface area contributed by atoms with E-state index in [2.05, 4.69) is 191 Å². The van der Waals surface area contributed by atoms with Crippen molar-refractivity contribution < 1.29 is 28.6 Å². The third-order valence-corrected chi connectivity index (χ3v) is 12.4. The number of carbonyl (C=O) groups excluding carboxylic acids is 3. The van der Waals surface area contributed by atoms with Crippen LogP contribution in [0, 0.1) is 0 Å². The fraction of sp³-hybridized carbons (Fsp3) is 0.569. The molecule has 436 valence electrons. The zero-order valence-electron chi connectivity index (χ0n) is 49.9. The summed E-state index contributed by atoms with van der Waals surface area (Å²) in [7, 11) is 0. The molecule has 0 aromatic rings. The lowest BCUT2D eigenvalue weighted by molar-refractivity contribution is -0.167. The zero-order valence-corrected chi connectivity index (χ0v) is 49.9. The van der Waals surface area contributed by atoms with Gasteiger partial charge in [-0.2, -0.15) is 0 Å². The molecule has 0 amide bonds. The molecule has 0 heterocycles. The summed E-state index contributed by atoms with van der Waals surface area (Å²) >= 11 is 0. The van der Waals surface area contributed by atoms with Crippen molar-refractivity contribution in [2.24, 2.45) is 0 Å². The molecule has 6 heteroatoms. The van der Waals surface area contributed by atoms with E-state index in [4.69, 9.17) is 14.2 Å². The topological polar surface area (TPSA) is 78.9 Å². The van der Waals surface area contributed by atoms with Crippen molar-refractivity contribution in [2.75, 3.05) is 13.2 Å². The Labute approximate surface area is 479 Å². The highest BCUT2D eigenvalue weighted by molar-refractivity contribution is 5.71. The number of carbonyl (C=O) groups is 3. The van der Waals surface area contributed by atoms with Crippen LogP contribution in [-0.4, -0.2) is 37.2 Å². The minimum atomic E-state index is -0.826. The highest BCUT2D eigenvalue weighted by Crippen LogP contribution is 2.13. The van der Waals surface area contributed by atoms with E-state index >= 15 is 0 Å². The highest BCUT2D eigenvalue weighted by Gasteiger charge is 2.19. The molecule has 0 N–H and O–H groups in total. The van der Waals surface area contributed by atoms with Crippen LogP contribution in [0.15, 0.2) is 170 Å². The maximum atomic E-state index is 12.9. The maximum absolute atomic E-state index is 12.9. The fourth-order valence-corrected chi connectivity index (χ4v) is 7.83. The highest BCUT2D eigenvalue weighted by atomic mass is 16.6. The average molecular weight is 1070 g/mol. The quantitative estimate of drug-likeness (QED) is 0.0261. The number of ether oxygens (including phenoxy) is 3. The molecule has 0 radical (unpaired) electrons. The number of unbranched alkanes of at least 4 members (excludes halogenated alkanes) is 15. The molecular weight excluding hydrogens is 961 g/mol. The lowest BCUT2D eigenvalue weighted by Gasteiger charge is -2.18. The Morgan fingerprint density at radius 3 is 0.833 bits per heavy atom. The molecule has 0 fully saturated rings. The van der Waals surface area contributed by atoms with Gasteiger partial charge >= 0.3 is 17.9 Å². The molecule has 1 atom stereocenters. The van der Waals surface area contributed by atoms with Crippen molar-refractivity contribution >= 4 is 17.9 Å². The van der Waals surface area contributed by atoms with E-state index < -0.39 is 6.10 Å². The van der Waals surface area contributed by atoms with Gasteiger partial charge in [0, 0.05) is 19.3 Å². The summed E-state index contributed by atoms with van der Waals surface area (Å²) in [6, 6.07) is 0. The van der Waals surface area contributed by atoms with E-state index in [0.717, 1.165) is 154 Å². The minimum Gasteiger partial charge on any atom is -0.462 e. The van der Waals surface area contributed by atoms with Crippen molar-refractivity contribution in [2.45, 2.75) is 252 Å². The Morgan fingerprint density at radius 1 is 0.269 bits per heavy atom. The molecule has 0 saturated carbocycles. The molecule has 0 aliphatic heterocycles. The summed E-state index contributed by atoms with van der Waals surface area (Å²) in [5, 5.41) is 0. The van der Waals surface area contributed by atoms with Crippen LogP contribution in [-0.2, 0) is 28.6 Å². The Kier molecular flexibility index (Phi) is 60.0. The minimum absolute atomic E-state index is 0.117. The number of allylic oxidation sites excluding steroid dienone is 28. The largest absolute Gasteiger partial charge is 0.462 e. The van der Waals surface area contributed by atoms with E-state index in [1.807, 2.05) is 0 Å². The molecule has 0 spiro atoms. The summed E-state index contributed by atoms with van der Waals surface area (Å²) in [6.45, 7) is 6.32. The maximum Gasteiger partial charge on any atom is 0.306 e. The third-order valence-electron chi connectivity index (χ3n) is 12.4. The first-order valence-corrected chi connectivity index (χ1v) is 31.1. The summed E-state index contributed by atoms with van der Waals surface area (Å²) < 4.78 is 16.8. The van der Waals surface area contributed by atoms with Crippen LogP contribution in [0.3, 0.4) is 0 Å². The monoisotopic (exact) mass is 1070 g/mol. The lowest BCUT2D eigenvalue weighted by atomic mass is 10.1. The van der Waals surface area contributed by atoms with Gasteiger partial charge in [-0.15, -0.1) is 0 Å². The molecule has 0 aliphatic rings. The first-order chi connectivity index (χ1) is 38.5. The van der Waals surface area contributed by atoms with Crippen molar-refractivity contribution in [1.29, 1.82) is 0 Å². The van der Waals surface area contributed by atoms with Gasteiger partial charge in [-0.25, -0.2) is 0 Å². The van der Waals surface area contributed by atoms with E-state index in [1.165, 1.54) is 44.9 Å². The molecule has 0 rings (SSSR count). The Balaban J connectivity index is 4.45. The Bertz CT molecular complexity index is 1810. The Morgan fingerprint density at radius 2 is 0.500 bits per heavy atom. The molecule has 0 aromatic carbocycles. The predicted molar refractivity (Wildman–Crippen MR) is 338 cm³/mol. The van der Waals surface area contributed by atoms with Crippen molar-refractivity contribution in [1.82, 2.24) is 0 Å². The van der Waals surface area contributed by atoms with Crippen molar-refractivity contribution in [3.05, 3.63) is 170 Å². The SMILES string of the molecule is CC/C=C\C/C=C\C/C=C\C/C=C\C/C=C\C/C=C\C/C=C\C/C=C\C/C=C\CCCCCC(=O)OCC(COC(=O)CCCCCCC/C=C\CCCCCCC)OC(=O)CCCC/C=C\C/C=C\C/C=C\C/C=C\CC. The normalized spacial score (nSPS) is 13.3. The number of esters is 3. The second-order valence-corrected chi connectivity index (χ2v) is 19.8. The van der Waals surface area contributed by atoms with Crippen LogP contribution in [0.2, 0.25) is 0 Å². The molecule has 1 unspecified atom stereocenters. The second kappa shape index (κ2) is 64.3. The van der Waals surface area contributed by atoms with E-state index in [9.17, 15) is 14.4 Å². The molecule has 0 aromatic heterocycles. The molecule has 0 aliphatic carbocycles. The van der Waals surface area contributed by atoms with Gasteiger partial charge in [0.2, 0.25) is 0 Å². The molecule has 0 saturated heterocycles. The molecule has 6 nitrogen and oxygen atoms in total. The average Bonchev–Trinajstić information content (AvgIpc) is 3.44. The van der Waals surface area contributed by atoms with Crippen LogP contribution in [0.5, 0.6) is 0 Å². The van der Waals surface area contributed by atoms with Crippen LogP contribution in [0.25, 0.3) is 0 Å².